The van der Waals surface area contributed by atoms with Crippen molar-refractivity contribution in [2.45, 2.75) is 17.9 Å². The summed E-state index contributed by atoms with van der Waals surface area (Å²) in [6.07, 6.45) is 0. The zero-order chi connectivity index (χ0) is 15.1. The zero-order valence-corrected chi connectivity index (χ0v) is 12.1. The Morgan fingerprint density at radius 2 is 1.90 bits per heavy atom. The number of rotatable bonds is 2. The van der Waals surface area contributed by atoms with Crippen molar-refractivity contribution >= 4 is 15.7 Å². The fourth-order valence-corrected chi connectivity index (χ4v) is 4.05. The number of hydrogen-bond donors (Lipinski definition) is 1. The summed E-state index contributed by atoms with van der Waals surface area (Å²) >= 11 is 0. The Bertz CT molecular complexity index is 621. The van der Waals surface area contributed by atoms with E-state index in [1.165, 1.54) is 4.31 Å². The van der Waals surface area contributed by atoms with E-state index in [9.17, 15) is 17.2 Å². The molecular weight excluding hydrogens is 288 g/mol. The summed E-state index contributed by atoms with van der Waals surface area (Å²) in [5.41, 5.74) is 4.96. The summed E-state index contributed by atoms with van der Waals surface area (Å²) in [4.78, 5) is 1.42. The first kappa shape index (κ1) is 15.1. The highest BCUT2D eigenvalue weighted by molar-refractivity contribution is 7.89. The van der Waals surface area contributed by atoms with Crippen molar-refractivity contribution in [1.29, 1.82) is 0 Å². The molecule has 2 rings (SSSR count). The lowest BCUT2D eigenvalue weighted by Gasteiger charge is -2.37. The second-order valence-electron chi connectivity index (χ2n) is 5.03. The fraction of sp³-hybridized carbons (Fsp3) is 0.500. The van der Waals surface area contributed by atoms with Gasteiger partial charge < -0.3 is 10.6 Å². The SMILES string of the molecule is CC1CN(C)CCN1S(=O)(=O)c1cc(N)c(F)cc1F. The van der Waals surface area contributed by atoms with E-state index in [2.05, 4.69) is 0 Å². The molecule has 1 heterocycles. The average molecular weight is 305 g/mol. The lowest BCUT2D eigenvalue weighted by atomic mass is 10.2. The number of likely N-dealkylation sites (N-methyl/N-ethyl adjacent to an activating group) is 1. The molecule has 1 fully saturated rings. The van der Waals surface area contributed by atoms with E-state index >= 15 is 0 Å². The topological polar surface area (TPSA) is 66.6 Å². The van der Waals surface area contributed by atoms with Gasteiger partial charge in [0.15, 0.2) is 0 Å². The first-order chi connectivity index (χ1) is 9.23. The minimum atomic E-state index is -4.02. The number of sulfonamides is 1. The van der Waals surface area contributed by atoms with E-state index in [-0.39, 0.29) is 18.3 Å². The normalized spacial score (nSPS) is 22.1. The van der Waals surface area contributed by atoms with E-state index in [0.717, 1.165) is 6.07 Å². The van der Waals surface area contributed by atoms with E-state index in [0.29, 0.717) is 19.2 Å². The van der Waals surface area contributed by atoms with Gasteiger partial charge in [0.2, 0.25) is 10.0 Å². The standard InChI is InChI=1S/C12H17F2N3O2S/c1-8-7-16(2)3-4-17(8)20(18,19)12-6-11(15)9(13)5-10(12)14/h5-6,8H,3-4,7,15H2,1-2H3. The maximum Gasteiger partial charge on any atom is 0.246 e. The van der Waals surface area contributed by atoms with Crippen molar-refractivity contribution in [3.63, 3.8) is 0 Å². The van der Waals surface area contributed by atoms with E-state index in [1.54, 1.807) is 6.92 Å². The Morgan fingerprint density at radius 3 is 2.50 bits per heavy atom. The fourth-order valence-electron chi connectivity index (χ4n) is 2.35. The van der Waals surface area contributed by atoms with E-state index in [1.807, 2.05) is 11.9 Å². The van der Waals surface area contributed by atoms with Crippen LogP contribution in [0.1, 0.15) is 6.92 Å². The second-order valence-corrected chi connectivity index (χ2v) is 6.89. The van der Waals surface area contributed by atoms with Crippen LogP contribution in [0.2, 0.25) is 0 Å². The second kappa shape index (κ2) is 5.27. The molecular formula is C12H17F2N3O2S. The average Bonchev–Trinajstić information content (AvgIpc) is 2.33. The molecule has 1 aliphatic heterocycles. The smallest absolute Gasteiger partial charge is 0.246 e. The molecule has 1 aromatic rings. The number of anilines is 1. The molecule has 112 valence electrons. The minimum Gasteiger partial charge on any atom is -0.396 e. The molecule has 0 spiro atoms. The number of piperazine rings is 1. The van der Waals surface area contributed by atoms with Crippen molar-refractivity contribution in [1.82, 2.24) is 9.21 Å². The van der Waals surface area contributed by atoms with Crippen LogP contribution < -0.4 is 5.73 Å². The van der Waals surface area contributed by atoms with Gasteiger partial charge in [0.1, 0.15) is 16.5 Å². The highest BCUT2D eigenvalue weighted by Gasteiger charge is 2.34. The van der Waals surface area contributed by atoms with Gasteiger partial charge >= 0.3 is 0 Å². The monoisotopic (exact) mass is 305 g/mol. The number of nitrogen functional groups attached to an aromatic ring is 1. The lowest BCUT2D eigenvalue weighted by Crippen LogP contribution is -2.52. The third-order valence-corrected chi connectivity index (χ3v) is 5.44. The largest absolute Gasteiger partial charge is 0.396 e. The maximum atomic E-state index is 13.8. The van der Waals surface area contributed by atoms with Crippen molar-refractivity contribution in [3.05, 3.63) is 23.8 Å². The van der Waals surface area contributed by atoms with E-state index in [4.69, 9.17) is 5.73 Å². The molecule has 0 amide bonds. The first-order valence-corrected chi connectivity index (χ1v) is 7.62. The molecule has 0 bridgehead atoms. The van der Waals surface area contributed by atoms with Gasteiger partial charge in [-0.05, 0) is 20.0 Å². The third kappa shape index (κ3) is 2.63. The highest BCUT2D eigenvalue weighted by atomic mass is 32.2. The molecule has 1 saturated heterocycles. The predicted molar refractivity (Wildman–Crippen MR) is 71.6 cm³/mol. The number of nitrogens with zero attached hydrogens (tertiary/aromatic N) is 2. The molecule has 1 aliphatic rings. The van der Waals surface area contributed by atoms with Gasteiger partial charge in [-0.2, -0.15) is 4.31 Å². The first-order valence-electron chi connectivity index (χ1n) is 6.18. The molecule has 20 heavy (non-hydrogen) atoms. The Kier molecular flexibility index (Phi) is 3.99. The molecule has 0 saturated carbocycles. The Hall–Kier alpha value is -1.25. The zero-order valence-electron chi connectivity index (χ0n) is 11.3. The van der Waals surface area contributed by atoms with Crippen LogP contribution in [0, 0.1) is 11.6 Å². The number of benzene rings is 1. The van der Waals surface area contributed by atoms with Crippen molar-refractivity contribution < 1.29 is 17.2 Å². The number of halogens is 2. The van der Waals surface area contributed by atoms with Gasteiger partial charge in [0.25, 0.3) is 0 Å². The van der Waals surface area contributed by atoms with Gasteiger partial charge in [-0.15, -0.1) is 0 Å². The van der Waals surface area contributed by atoms with Gasteiger partial charge in [-0.1, -0.05) is 0 Å². The van der Waals surface area contributed by atoms with Crippen molar-refractivity contribution in [2.24, 2.45) is 0 Å². The number of hydrogen-bond acceptors (Lipinski definition) is 4. The summed E-state index contributed by atoms with van der Waals surface area (Å²) in [6, 6.07) is 1.05. The van der Waals surface area contributed by atoms with Crippen molar-refractivity contribution in [3.8, 4) is 0 Å². The summed E-state index contributed by atoms with van der Waals surface area (Å²) in [5.74, 6) is -2.09. The van der Waals surface area contributed by atoms with Crippen LogP contribution in [0.15, 0.2) is 17.0 Å². The number of nitrogens with two attached hydrogens (primary N) is 1. The molecule has 0 aliphatic carbocycles. The lowest BCUT2D eigenvalue weighted by molar-refractivity contribution is 0.170. The molecule has 0 aromatic heterocycles. The quantitative estimate of drug-likeness (QED) is 0.824. The highest BCUT2D eigenvalue weighted by Crippen LogP contribution is 2.26. The van der Waals surface area contributed by atoms with Crippen LogP contribution in [0.3, 0.4) is 0 Å². The van der Waals surface area contributed by atoms with Crippen LogP contribution in [0.5, 0.6) is 0 Å². The van der Waals surface area contributed by atoms with Gasteiger partial charge in [-0.3, -0.25) is 0 Å². The van der Waals surface area contributed by atoms with Gasteiger partial charge in [0, 0.05) is 31.7 Å². The van der Waals surface area contributed by atoms with E-state index < -0.39 is 26.6 Å². The molecule has 2 N–H and O–H groups in total. The summed E-state index contributed by atoms with van der Waals surface area (Å²) in [6.45, 7) is 3.12. The van der Waals surface area contributed by atoms with Gasteiger partial charge in [0.05, 0.1) is 5.69 Å². The summed E-state index contributed by atoms with van der Waals surface area (Å²) in [7, 11) is -2.13. The molecule has 0 radical (unpaired) electrons. The minimum absolute atomic E-state index is 0.261. The van der Waals surface area contributed by atoms with Crippen molar-refractivity contribution in [2.75, 3.05) is 32.4 Å². The molecule has 1 atom stereocenters. The van der Waals surface area contributed by atoms with Crippen LogP contribution in [0.4, 0.5) is 14.5 Å². The Labute approximate surface area is 117 Å². The summed E-state index contributed by atoms with van der Waals surface area (Å²) < 4.78 is 53.1. The Balaban J connectivity index is 2.43. The van der Waals surface area contributed by atoms with Crippen LogP contribution >= 0.6 is 0 Å². The molecule has 1 unspecified atom stereocenters. The molecule has 1 aromatic carbocycles. The molecule has 5 nitrogen and oxygen atoms in total. The van der Waals surface area contributed by atoms with Crippen LogP contribution in [0.25, 0.3) is 0 Å². The van der Waals surface area contributed by atoms with Gasteiger partial charge in [-0.25, -0.2) is 17.2 Å². The maximum absolute atomic E-state index is 13.8. The van der Waals surface area contributed by atoms with Crippen LogP contribution in [-0.4, -0.2) is 50.3 Å². The van der Waals surface area contributed by atoms with Crippen LogP contribution in [-0.2, 0) is 10.0 Å². The third-order valence-electron chi connectivity index (χ3n) is 3.41. The predicted octanol–water partition coefficient (Wildman–Crippen LogP) is 0.872. The summed E-state index contributed by atoms with van der Waals surface area (Å²) in [5, 5.41) is 0. The molecule has 8 heteroatoms. The Morgan fingerprint density at radius 1 is 1.25 bits per heavy atom.